The number of fused-ring (bicyclic) bond motifs is 1. The number of aryl methyl sites for hydroxylation is 1. The van der Waals surface area contributed by atoms with Crippen LogP contribution in [-0.4, -0.2) is 31.8 Å². The predicted molar refractivity (Wildman–Crippen MR) is 95.3 cm³/mol. The van der Waals surface area contributed by atoms with Crippen molar-refractivity contribution in [2.45, 2.75) is 32.2 Å². The smallest absolute Gasteiger partial charge is 0.374 e. The number of carbonyl (C=O) groups is 2. The Morgan fingerprint density at radius 3 is 2.59 bits per heavy atom. The van der Waals surface area contributed by atoms with Gasteiger partial charge in [0.25, 0.3) is 0 Å². The van der Waals surface area contributed by atoms with Gasteiger partial charge in [0.1, 0.15) is 16.2 Å². The first-order valence-electron chi connectivity index (χ1n) is 7.68. The zero-order valence-corrected chi connectivity index (χ0v) is 15.8. The first-order valence-corrected chi connectivity index (χ1v) is 8.97. The van der Waals surface area contributed by atoms with Crippen LogP contribution in [0.3, 0.4) is 0 Å². The van der Waals surface area contributed by atoms with E-state index in [4.69, 9.17) is 12.2 Å². The van der Waals surface area contributed by atoms with Crippen LogP contribution in [0.15, 0.2) is 39.7 Å². The molecule has 1 unspecified atom stereocenters. The lowest BCUT2D eigenvalue weighted by Gasteiger charge is -2.28. The quantitative estimate of drug-likeness (QED) is 0.592. The van der Waals surface area contributed by atoms with E-state index in [9.17, 15) is 27.9 Å². The van der Waals surface area contributed by atoms with Gasteiger partial charge in [0.15, 0.2) is 11.4 Å². The molecule has 1 aliphatic heterocycles. The summed E-state index contributed by atoms with van der Waals surface area (Å²) in [5, 5.41) is 11.5. The number of hydrogen-bond donors (Lipinski definition) is 1. The predicted octanol–water partition coefficient (Wildman–Crippen LogP) is 3.28. The number of alkyl halides is 3. The normalized spacial score (nSPS) is 22.8. The summed E-state index contributed by atoms with van der Waals surface area (Å²) < 4.78 is 39.9. The molecule has 0 fully saturated rings. The number of Topliss-reactive ketones (excluding diaryl/α,β-unsaturated/α-hetero) is 1. The van der Waals surface area contributed by atoms with E-state index in [1.807, 2.05) is 0 Å². The summed E-state index contributed by atoms with van der Waals surface area (Å²) in [6, 6.07) is 0.793. The standard InChI is InChI=1S/C17H13F3N2O3S2/c1-8-21-12(17(18,19)20)5-14(26)22(8)6-10-3-9-4-13(23)16(2,25)15(24)11(9)7-27-10/h3-5,7,25H,6H2,1-2H3. The van der Waals surface area contributed by atoms with Gasteiger partial charge in [-0.2, -0.15) is 13.2 Å². The van der Waals surface area contributed by atoms with Crippen LogP contribution in [0.1, 0.15) is 18.4 Å². The molecule has 0 aromatic carbocycles. The molecule has 1 N–H and O–H groups in total. The van der Waals surface area contributed by atoms with Crippen LogP contribution in [0.5, 0.6) is 0 Å². The third-order valence-corrected chi connectivity index (χ3v) is 5.45. The van der Waals surface area contributed by atoms with Crippen molar-refractivity contribution in [2.24, 2.45) is 0 Å². The molecular formula is C17H13F3N2O3S2. The maximum atomic E-state index is 12.8. The Labute approximate surface area is 161 Å². The van der Waals surface area contributed by atoms with E-state index in [1.54, 1.807) is 6.08 Å². The molecule has 1 aromatic rings. The van der Waals surface area contributed by atoms with Crippen molar-refractivity contribution in [3.05, 3.63) is 55.8 Å². The molecule has 0 amide bonds. The van der Waals surface area contributed by atoms with E-state index in [1.165, 1.54) is 34.7 Å². The van der Waals surface area contributed by atoms with Gasteiger partial charge in [-0.1, -0.05) is 24.0 Å². The Balaban J connectivity index is 1.94. The largest absolute Gasteiger partial charge is 0.433 e. The highest BCUT2D eigenvalue weighted by atomic mass is 32.2. The average Bonchev–Trinajstić information content (AvgIpc) is 2.55. The van der Waals surface area contributed by atoms with Gasteiger partial charge in [0.05, 0.1) is 6.54 Å². The monoisotopic (exact) mass is 414 g/mol. The van der Waals surface area contributed by atoms with Gasteiger partial charge in [-0.05, 0) is 37.0 Å². The van der Waals surface area contributed by atoms with E-state index >= 15 is 0 Å². The van der Waals surface area contributed by atoms with Crippen LogP contribution in [0.25, 0.3) is 0 Å². The topological polar surface area (TPSA) is 72.2 Å². The van der Waals surface area contributed by atoms with Gasteiger partial charge in [0, 0.05) is 16.5 Å². The SMILES string of the molecule is Cc1nc(C(F)(F)F)cc(=S)n1CC1=CC2=CC(=O)C(C)(O)C(=O)C2=CS1. The Morgan fingerprint density at radius 1 is 1.33 bits per heavy atom. The zero-order valence-electron chi connectivity index (χ0n) is 14.1. The van der Waals surface area contributed by atoms with Crippen LogP contribution in [0, 0.1) is 11.6 Å². The van der Waals surface area contributed by atoms with Gasteiger partial charge in [0.2, 0.25) is 5.78 Å². The number of allylic oxidation sites excluding steroid dienone is 3. The summed E-state index contributed by atoms with van der Waals surface area (Å²) in [5.41, 5.74) is -2.56. The molecule has 0 radical (unpaired) electrons. The maximum absolute atomic E-state index is 12.8. The summed E-state index contributed by atoms with van der Waals surface area (Å²) in [6.45, 7) is 2.71. The van der Waals surface area contributed by atoms with Crippen molar-refractivity contribution in [1.29, 1.82) is 0 Å². The van der Waals surface area contributed by atoms with Crippen molar-refractivity contribution in [3.63, 3.8) is 0 Å². The zero-order chi connectivity index (χ0) is 20.1. The van der Waals surface area contributed by atoms with Crippen molar-refractivity contribution in [2.75, 3.05) is 0 Å². The minimum Gasteiger partial charge on any atom is -0.374 e. The van der Waals surface area contributed by atoms with Crippen LogP contribution < -0.4 is 0 Å². The second-order valence-corrected chi connectivity index (χ2v) is 7.65. The Morgan fingerprint density at radius 2 is 2.00 bits per heavy atom. The lowest BCUT2D eigenvalue weighted by Crippen LogP contribution is -2.46. The lowest BCUT2D eigenvalue weighted by molar-refractivity contribution is -0.144. The Kier molecular flexibility index (Phi) is 4.77. The van der Waals surface area contributed by atoms with Crippen molar-refractivity contribution < 1.29 is 27.9 Å². The fourth-order valence-corrected chi connectivity index (χ4v) is 3.86. The maximum Gasteiger partial charge on any atom is 0.433 e. The summed E-state index contributed by atoms with van der Waals surface area (Å²) in [6.07, 6.45) is -1.81. The number of thioether (sulfide) groups is 1. The minimum atomic E-state index is -4.58. The Bertz CT molecular complexity index is 1020. The van der Waals surface area contributed by atoms with E-state index in [2.05, 4.69) is 4.98 Å². The summed E-state index contributed by atoms with van der Waals surface area (Å²) in [5.74, 6) is -1.30. The van der Waals surface area contributed by atoms with Gasteiger partial charge >= 0.3 is 6.18 Å². The molecule has 0 saturated heterocycles. The van der Waals surface area contributed by atoms with Gasteiger partial charge in [-0.25, -0.2) is 4.98 Å². The number of nitrogens with zero attached hydrogens (tertiary/aromatic N) is 2. The van der Waals surface area contributed by atoms with Crippen LogP contribution in [0.2, 0.25) is 0 Å². The molecule has 0 spiro atoms. The molecule has 1 aromatic heterocycles. The molecule has 1 aliphatic carbocycles. The molecule has 0 saturated carbocycles. The number of ketones is 2. The molecule has 2 heterocycles. The second kappa shape index (κ2) is 6.54. The molecule has 10 heteroatoms. The highest BCUT2D eigenvalue weighted by molar-refractivity contribution is 8.05. The molecule has 5 nitrogen and oxygen atoms in total. The summed E-state index contributed by atoms with van der Waals surface area (Å²) in [7, 11) is 0. The highest BCUT2D eigenvalue weighted by Crippen LogP contribution is 2.37. The third-order valence-electron chi connectivity index (χ3n) is 4.21. The average molecular weight is 414 g/mol. The second-order valence-electron chi connectivity index (χ2n) is 6.24. The van der Waals surface area contributed by atoms with Crippen molar-refractivity contribution in [3.8, 4) is 0 Å². The molecule has 142 valence electrons. The molecular weight excluding hydrogens is 401 g/mol. The van der Waals surface area contributed by atoms with Gasteiger partial charge in [-0.15, -0.1) is 0 Å². The highest BCUT2D eigenvalue weighted by Gasteiger charge is 2.43. The fourth-order valence-electron chi connectivity index (χ4n) is 2.65. The molecule has 2 aliphatic rings. The van der Waals surface area contributed by atoms with E-state index in [0.717, 1.165) is 13.0 Å². The summed E-state index contributed by atoms with van der Waals surface area (Å²) in [4.78, 5) is 28.4. The van der Waals surface area contributed by atoms with Crippen LogP contribution in [-0.2, 0) is 22.3 Å². The number of hydrogen-bond acceptors (Lipinski definition) is 6. The first-order chi connectivity index (χ1) is 12.4. The van der Waals surface area contributed by atoms with Crippen molar-refractivity contribution in [1.82, 2.24) is 9.55 Å². The Hall–Kier alpha value is -2.04. The first kappa shape index (κ1) is 19.7. The van der Waals surface area contributed by atoms with Crippen molar-refractivity contribution >= 4 is 35.5 Å². The van der Waals surface area contributed by atoms with Crippen LogP contribution >= 0.6 is 24.0 Å². The minimum absolute atomic E-state index is 0.0289. The number of aromatic nitrogens is 2. The lowest BCUT2D eigenvalue weighted by atomic mass is 9.81. The number of rotatable bonds is 2. The third kappa shape index (κ3) is 3.56. The van der Waals surface area contributed by atoms with Crippen LogP contribution in [0.4, 0.5) is 13.2 Å². The molecule has 0 bridgehead atoms. The molecule has 1 atom stereocenters. The number of halogens is 3. The number of aliphatic hydroxyl groups is 1. The number of carbonyl (C=O) groups excluding carboxylic acids is 2. The molecule has 27 heavy (non-hydrogen) atoms. The van der Waals surface area contributed by atoms with E-state index in [0.29, 0.717) is 10.5 Å². The van der Waals surface area contributed by atoms with E-state index < -0.39 is 29.0 Å². The molecule has 3 rings (SSSR count). The fraction of sp³-hybridized carbons (Fsp3) is 0.294. The van der Waals surface area contributed by atoms with Gasteiger partial charge in [-0.3, -0.25) is 9.59 Å². The summed E-state index contributed by atoms with van der Waals surface area (Å²) >= 11 is 6.24. The van der Waals surface area contributed by atoms with E-state index in [-0.39, 0.29) is 22.6 Å². The van der Waals surface area contributed by atoms with Gasteiger partial charge < -0.3 is 9.67 Å².